The molecule has 1 atom stereocenters. The van der Waals surface area contributed by atoms with Gasteiger partial charge >= 0.3 is 0 Å². The number of hydrogen-bond acceptors (Lipinski definition) is 6. The van der Waals surface area contributed by atoms with Gasteiger partial charge in [-0.3, -0.25) is 19.3 Å². The molecule has 0 radical (unpaired) electrons. The molecule has 36 heavy (non-hydrogen) atoms. The minimum atomic E-state index is -0.304. The van der Waals surface area contributed by atoms with Crippen molar-refractivity contribution in [1.29, 1.82) is 0 Å². The molecular weight excluding hydrogens is 460 g/mol. The van der Waals surface area contributed by atoms with E-state index in [1.165, 1.54) is 10.5 Å². The second kappa shape index (κ2) is 11.1. The lowest BCUT2D eigenvalue weighted by atomic mass is 10.1. The number of furan rings is 1. The third-order valence-corrected chi connectivity index (χ3v) is 6.11. The lowest BCUT2D eigenvalue weighted by Gasteiger charge is -2.29. The van der Waals surface area contributed by atoms with Gasteiger partial charge in [0.2, 0.25) is 0 Å². The molecule has 3 aromatic rings. The number of nitrogens with zero attached hydrogens (tertiary/aromatic N) is 1. The Morgan fingerprint density at radius 2 is 1.86 bits per heavy atom. The average molecular weight is 491 g/mol. The summed E-state index contributed by atoms with van der Waals surface area (Å²) in [4.78, 5) is 39.4. The van der Waals surface area contributed by atoms with Gasteiger partial charge in [0, 0.05) is 11.6 Å². The van der Waals surface area contributed by atoms with Crippen molar-refractivity contribution in [2.75, 3.05) is 18.1 Å². The molecule has 4 rings (SSSR count). The fourth-order valence-corrected chi connectivity index (χ4v) is 3.74. The number of amides is 2. The van der Waals surface area contributed by atoms with Crippen LogP contribution in [0.3, 0.4) is 0 Å². The van der Waals surface area contributed by atoms with Crippen LogP contribution >= 0.6 is 0 Å². The summed E-state index contributed by atoms with van der Waals surface area (Å²) in [5.41, 5.74) is 2.05. The third-order valence-electron chi connectivity index (χ3n) is 6.11. The molecule has 0 saturated heterocycles. The molecule has 8 nitrogen and oxygen atoms in total. The van der Waals surface area contributed by atoms with Crippen LogP contribution in [0.2, 0.25) is 0 Å². The zero-order valence-corrected chi connectivity index (χ0v) is 20.7. The fourth-order valence-electron chi connectivity index (χ4n) is 3.74. The van der Waals surface area contributed by atoms with Crippen LogP contribution < -0.4 is 19.7 Å². The molecule has 0 bridgehead atoms. The van der Waals surface area contributed by atoms with Crippen molar-refractivity contribution < 1.29 is 28.3 Å². The van der Waals surface area contributed by atoms with Crippen molar-refractivity contribution in [3.63, 3.8) is 0 Å². The fraction of sp³-hybridized carbons (Fsp3) is 0.321. The normalized spacial score (nSPS) is 13.5. The van der Waals surface area contributed by atoms with E-state index in [9.17, 15) is 14.4 Å². The van der Waals surface area contributed by atoms with E-state index in [0.29, 0.717) is 28.5 Å². The Bertz CT molecular complexity index is 1250. The highest BCUT2D eigenvalue weighted by molar-refractivity contribution is 6.02. The third kappa shape index (κ3) is 5.76. The van der Waals surface area contributed by atoms with Crippen LogP contribution in [0.1, 0.15) is 59.4 Å². The maximum absolute atomic E-state index is 12.8. The zero-order valence-electron chi connectivity index (χ0n) is 20.7. The van der Waals surface area contributed by atoms with Gasteiger partial charge < -0.3 is 19.2 Å². The van der Waals surface area contributed by atoms with Crippen LogP contribution in [0.25, 0.3) is 0 Å². The summed E-state index contributed by atoms with van der Waals surface area (Å²) in [6.45, 7) is 5.81. The van der Waals surface area contributed by atoms with Gasteiger partial charge in [0.15, 0.2) is 24.8 Å². The summed E-state index contributed by atoms with van der Waals surface area (Å²) in [5, 5.41) is 2.85. The molecule has 0 aliphatic carbocycles. The van der Waals surface area contributed by atoms with Gasteiger partial charge in [-0.05, 0) is 67.8 Å². The first kappa shape index (κ1) is 25.0. The molecule has 8 heteroatoms. The van der Waals surface area contributed by atoms with Gasteiger partial charge in [0.1, 0.15) is 17.3 Å². The number of aryl methyl sites for hydroxylation is 1. The molecule has 2 heterocycles. The standard InChI is InChI=1S/C28H30N2O6/c1-4-18(3)29-28(33)26-13-11-22(36-26)15-30-23-14-20(8-12-25(23)35-17-27(30)32)24(31)16-34-21-9-6-19(5-2)7-10-21/h6-14,18H,4-5,15-17H2,1-3H3,(H,29,33)/t18-/m0/s1. The van der Waals surface area contributed by atoms with E-state index < -0.39 is 0 Å². The lowest BCUT2D eigenvalue weighted by molar-refractivity contribution is -0.121. The van der Waals surface area contributed by atoms with Crippen molar-refractivity contribution in [2.45, 2.75) is 46.2 Å². The Morgan fingerprint density at radius 3 is 2.58 bits per heavy atom. The topological polar surface area (TPSA) is 98.1 Å². The molecule has 1 N–H and O–H groups in total. The van der Waals surface area contributed by atoms with E-state index >= 15 is 0 Å². The number of carbonyl (C=O) groups is 3. The van der Waals surface area contributed by atoms with Crippen LogP contribution in [-0.2, 0) is 17.8 Å². The van der Waals surface area contributed by atoms with E-state index in [1.54, 1.807) is 30.3 Å². The first-order valence-corrected chi connectivity index (χ1v) is 12.1. The van der Waals surface area contributed by atoms with Gasteiger partial charge in [0.05, 0.1) is 12.2 Å². The molecule has 2 aromatic carbocycles. The monoisotopic (exact) mass is 490 g/mol. The minimum Gasteiger partial charge on any atom is -0.485 e. The molecule has 188 valence electrons. The largest absolute Gasteiger partial charge is 0.485 e. The number of ketones is 1. The van der Waals surface area contributed by atoms with Crippen LogP contribution in [-0.4, -0.2) is 36.9 Å². The molecule has 2 amide bonds. The number of ether oxygens (including phenoxy) is 2. The van der Waals surface area contributed by atoms with Crippen molar-refractivity contribution in [1.82, 2.24) is 5.32 Å². The number of hydrogen-bond donors (Lipinski definition) is 1. The van der Waals surface area contributed by atoms with Crippen LogP contribution in [0.4, 0.5) is 5.69 Å². The molecule has 1 aliphatic rings. The SMILES string of the molecule is CCc1ccc(OCC(=O)c2ccc3c(c2)N(Cc2ccc(C(=O)N[C@@H](C)CC)o2)C(=O)CO3)cc1. The Hall–Kier alpha value is -4.07. The maximum Gasteiger partial charge on any atom is 0.287 e. The van der Waals surface area contributed by atoms with Crippen LogP contribution in [0, 0.1) is 0 Å². The van der Waals surface area contributed by atoms with E-state index in [4.69, 9.17) is 13.9 Å². The smallest absolute Gasteiger partial charge is 0.287 e. The highest BCUT2D eigenvalue weighted by Gasteiger charge is 2.28. The van der Waals surface area contributed by atoms with Crippen molar-refractivity contribution in [3.05, 3.63) is 77.2 Å². The summed E-state index contributed by atoms with van der Waals surface area (Å²) in [6.07, 6.45) is 1.73. The van der Waals surface area contributed by atoms with Crippen molar-refractivity contribution in [2.24, 2.45) is 0 Å². The lowest BCUT2D eigenvalue weighted by Crippen LogP contribution is -2.38. The number of benzene rings is 2. The highest BCUT2D eigenvalue weighted by atomic mass is 16.5. The summed E-state index contributed by atoms with van der Waals surface area (Å²) < 4.78 is 16.9. The Labute approximate surface area is 210 Å². The second-order valence-corrected chi connectivity index (χ2v) is 8.71. The number of fused-ring (bicyclic) bond motifs is 1. The van der Waals surface area contributed by atoms with Crippen molar-refractivity contribution >= 4 is 23.3 Å². The second-order valence-electron chi connectivity index (χ2n) is 8.71. The molecule has 0 fully saturated rings. The van der Waals surface area contributed by atoms with E-state index in [1.807, 2.05) is 38.1 Å². The number of Topliss-reactive ketones (excluding diaryl/α,β-unsaturated/α-hetero) is 1. The number of anilines is 1. The van der Waals surface area contributed by atoms with E-state index in [-0.39, 0.29) is 49.2 Å². The van der Waals surface area contributed by atoms with Crippen LogP contribution in [0.5, 0.6) is 11.5 Å². The van der Waals surface area contributed by atoms with Crippen molar-refractivity contribution in [3.8, 4) is 11.5 Å². The number of carbonyl (C=O) groups excluding carboxylic acids is 3. The van der Waals surface area contributed by atoms with Gasteiger partial charge in [-0.25, -0.2) is 0 Å². The molecular formula is C28H30N2O6. The van der Waals surface area contributed by atoms with Crippen LogP contribution in [0.15, 0.2) is 59.0 Å². The average Bonchev–Trinajstić information content (AvgIpc) is 3.37. The van der Waals surface area contributed by atoms with Gasteiger partial charge in [-0.1, -0.05) is 26.0 Å². The first-order valence-electron chi connectivity index (χ1n) is 12.1. The molecule has 1 aromatic heterocycles. The molecule has 1 aliphatic heterocycles. The van der Waals surface area contributed by atoms with Gasteiger partial charge in [-0.2, -0.15) is 0 Å². The number of nitrogens with one attached hydrogen (secondary N) is 1. The van der Waals surface area contributed by atoms with E-state index in [0.717, 1.165) is 12.8 Å². The first-order chi connectivity index (χ1) is 17.4. The predicted molar refractivity (Wildman–Crippen MR) is 135 cm³/mol. The Balaban J connectivity index is 1.47. The van der Waals surface area contributed by atoms with E-state index in [2.05, 4.69) is 12.2 Å². The molecule has 0 saturated carbocycles. The zero-order chi connectivity index (χ0) is 25.7. The molecule has 0 unspecified atom stereocenters. The Kier molecular flexibility index (Phi) is 7.73. The summed E-state index contributed by atoms with van der Waals surface area (Å²) in [7, 11) is 0. The predicted octanol–water partition coefficient (Wildman–Crippen LogP) is 4.56. The summed E-state index contributed by atoms with van der Waals surface area (Å²) in [6, 6.07) is 15.8. The van der Waals surface area contributed by atoms with Gasteiger partial charge in [-0.15, -0.1) is 0 Å². The maximum atomic E-state index is 12.8. The van der Waals surface area contributed by atoms with Gasteiger partial charge in [0.25, 0.3) is 11.8 Å². The summed E-state index contributed by atoms with van der Waals surface area (Å²) in [5.74, 6) is 0.925. The highest BCUT2D eigenvalue weighted by Crippen LogP contribution is 2.34. The quantitative estimate of drug-likeness (QED) is 0.419. The number of rotatable bonds is 10. The summed E-state index contributed by atoms with van der Waals surface area (Å²) >= 11 is 0. The molecule has 0 spiro atoms. The minimum absolute atomic E-state index is 0.0226. The Morgan fingerprint density at radius 1 is 1.08 bits per heavy atom.